The average Bonchev–Trinajstić information content (AvgIpc) is 3.02. The number of anilines is 1. The zero-order valence-electron chi connectivity index (χ0n) is 28.1. The van der Waals surface area contributed by atoms with Crippen molar-refractivity contribution in [2.45, 2.75) is 72.1 Å². The number of rotatable bonds is 26. The smallest absolute Gasteiger partial charge is 0.312 e. The third-order valence-electron chi connectivity index (χ3n) is 6.47. The van der Waals surface area contributed by atoms with Crippen LogP contribution >= 0.6 is 0 Å². The molecule has 0 spiro atoms. The van der Waals surface area contributed by atoms with E-state index < -0.39 is 35.9 Å². The number of ether oxygens (including phenoxy) is 5. The summed E-state index contributed by atoms with van der Waals surface area (Å²) in [5, 5.41) is 10.7. The summed E-state index contributed by atoms with van der Waals surface area (Å²) >= 11 is 0. The summed E-state index contributed by atoms with van der Waals surface area (Å²) in [7, 11) is 0. The number of urea groups is 1. The normalized spacial score (nSPS) is 12.2. The van der Waals surface area contributed by atoms with Gasteiger partial charge in [-0.05, 0) is 42.9 Å². The Kier molecular flexibility index (Phi) is 22.2. The second-order valence-corrected chi connectivity index (χ2v) is 10.9. The van der Waals surface area contributed by atoms with Crippen LogP contribution in [0.1, 0.15) is 58.9 Å². The summed E-state index contributed by atoms with van der Waals surface area (Å²) in [5.41, 5.74) is 6.33. The molecule has 0 aromatic heterocycles. The highest BCUT2D eigenvalue weighted by atomic mass is 16.6. The molecule has 0 fully saturated rings. The predicted molar refractivity (Wildman–Crippen MR) is 174 cm³/mol. The number of primary amides is 1. The highest BCUT2D eigenvalue weighted by Gasteiger charge is 2.28. The Morgan fingerprint density at radius 2 is 1.36 bits per heavy atom. The Bertz CT molecular complexity index is 1070. The molecule has 0 bridgehead atoms. The molecule has 0 saturated carbocycles. The van der Waals surface area contributed by atoms with Gasteiger partial charge < -0.3 is 50.7 Å². The van der Waals surface area contributed by atoms with Gasteiger partial charge in [-0.15, -0.1) is 0 Å². The summed E-state index contributed by atoms with van der Waals surface area (Å²) in [6.07, 6.45) is 1.55. The van der Waals surface area contributed by atoms with Crippen molar-refractivity contribution in [2.75, 3.05) is 64.7 Å². The van der Waals surface area contributed by atoms with Gasteiger partial charge in [0.2, 0.25) is 17.7 Å². The summed E-state index contributed by atoms with van der Waals surface area (Å²) < 4.78 is 26.6. The molecule has 1 unspecified atom stereocenters. The highest BCUT2D eigenvalue weighted by Crippen LogP contribution is 2.13. The minimum atomic E-state index is -0.973. The topological polar surface area (TPSA) is 206 Å². The molecule has 1 aromatic rings. The molecule has 6 N–H and O–H groups in total. The molecule has 15 nitrogen and oxygen atoms in total. The van der Waals surface area contributed by atoms with Crippen molar-refractivity contribution in [3.63, 3.8) is 0 Å². The molecule has 47 heavy (non-hydrogen) atoms. The zero-order chi connectivity index (χ0) is 34.9. The van der Waals surface area contributed by atoms with Crippen molar-refractivity contribution in [3.8, 4) is 0 Å². The molecule has 5 amide bonds. The molecular formula is C32H53N5O10. The van der Waals surface area contributed by atoms with Gasteiger partial charge in [-0.3, -0.25) is 19.2 Å². The Morgan fingerprint density at radius 3 is 1.89 bits per heavy atom. The predicted octanol–water partition coefficient (Wildman–Crippen LogP) is 1.63. The lowest BCUT2D eigenvalue weighted by Crippen LogP contribution is -2.54. The quantitative estimate of drug-likeness (QED) is 0.0713. The third kappa shape index (κ3) is 20.9. The molecule has 1 aromatic carbocycles. The van der Waals surface area contributed by atoms with E-state index in [9.17, 15) is 24.0 Å². The van der Waals surface area contributed by atoms with Gasteiger partial charge in [0.05, 0.1) is 46.2 Å². The van der Waals surface area contributed by atoms with Gasteiger partial charge in [0.25, 0.3) is 0 Å². The van der Waals surface area contributed by atoms with Gasteiger partial charge in [-0.1, -0.05) is 32.9 Å². The van der Waals surface area contributed by atoms with E-state index in [1.807, 2.05) is 6.92 Å². The van der Waals surface area contributed by atoms with Crippen LogP contribution in [0.5, 0.6) is 0 Å². The van der Waals surface area contributed by atoms with Crippen molar-refractivity contribution in [1.29, 1.82) is 0 Å². The fraction of sp³-hybridized carbons (Fsp3) is 0.656. The van der Waals surface area contributed by atoms with Crippen molar-refractivity contribution < 1.29 is 47.7 Å². The molecule has 0 radical (unpaired) electrons. The van der Waals surface area contributed by atoms with Crippen LogP contribution in [-0.4, -0.2) is 101 Å². The first-order chi connectivity index (χ1) is 22.5. The van der Waals surface area contributed by atoms with E-state index in [0.29, 0.717) is 51.7 Å². The lowest BCUT2D eigenvalue weighted by atomic mass is 10.0. The summed E-state index contributed by atoms with van der Waals surface area (Å²) in [6, 6.07) is 4.12. The number of hydrogen-bond donors (Lipinski definition) is 5. The van der Waals surface area contributed by atoms with E-state index in [2.05, 4.69) is 21.3 Å². The van der Waals surface area contributed by atoms with Crippen LogP contribution < -0.4 is 27.0 Å². The molecule has 0 aliphatic carbocycles. The van der Waals surface area contributed by atoms with Gasteiger partial charge in [-0.2, -0.15) is 0 Å². The largest absolute Gasteiger partial charge is 0.461 e. The van der Waals surface area contributed by atoms with Crippen LogP contribution in [0.4, 0.5) is 10.5 Å². The first kappa shape index (κ1) is 41.2. The third-order valence-corrected chi connectivity index (χ3v) is 6.47. The number of nitrogens with two attached hydrogens (primary N) is 1. The minimum Gasteiger partial charge on any atom is -0.461 e. The lowest BCUT2D eigenvalue weighted by Gasteiger charge is -2.25. The van der Waals surface area contributed by atoms with E-state index in [0.717, 1.165) is 18.6 Å². The molecule has 0 saturated heterocycles. The van der Waals surface area contributed by atoms with E-state index in [1.165, 1.54) is 6.92 Å². The standard InChI is InChI=1S/C32H53N5O10/c1-5-14-43-16-18-45-20-21-46-19-17-44-15-12-28(39)37-29(23(2)3)31(41)36-27(7-6-13-34-32(33)42)30(40)35-26-10-8-25(9-11-26)22-47-24(4)38/h8-11,23,27,29H,5-7,12-22H2,1-4H3,(H,35,40)(H,36,41)(H,37,39)(H3,33,34,42)/t27?,29-/m1/s1. The van der Waals surface area contributed by atoms with Crippen LogP contribution in [0.2, 0.25) is 0 Å². The van der Waals surface area contributed by atoms with E-state index >= 15 is 0 Å². The monoisotopic (exact) mass is 667 g/mol. The molecule has 2 atom stereocenters. The molecule has 0 aliphatic heterocycles. The van der Waals surface area contributed by atoms with Crippen LogP contribution in [0.25, 0.3) is 0 Å². The molecule has 266 valence electrons. The number of esters is 1. The summed E-state index contributed by atoms with van der Waals surface area (Å²) in [4.78, 5) is 61.2. The minimum absolute atomic E-state index is 0.0352. The van der Waals surface area contributed by atoms with E-state index in [4.69, 9.17) is 29.4 Å². The number of carbonyl (C=O) groups is 5. The second kappa shape index (κ2) is 25.3. The Morgan fingerprint density at radius 1 is 0.787 bits per heavy atom. The van der Waals surface area contributed by atoms with Gasteiger partial charge in [0.1, 0.15) is 18.7 Å². The fourth-order valence-electron chi connectivity index (χ4n) is 4.00. The van der Waals surface area contributed by atoms with E-state index in [1.54, 1.807) is 38.1 Å². The first-order valence-corrected chi connectivity index (χ1v) is 16.0. The average molecular weight is 668 g/mol. The van der Waals surface area contributed by atoms with Crippen LogP contribution in [0.15, 0.2) is 24.3 Å². The van der Waals surface area contributed by atoms with Crippen LogP contribution in [-0.2, 0) is 49.5 Å². The van der Waals surface area contributed by atoms with Gasteiger partial charge in [0, 0.05) is 32.2 Å². The first-order valence-electron chi connectivity index (χ1n) is 16.0. The van der Waals surface area contributed by atoms with Crippen LogP contribution in [0.3, 0.4) is 0 Å². The van der Waals surface area contributed by atoms with Gasteiger partial charge >= 0.3 is 12.0 Å². The number of amides is 5. The number of nitrogens with one attached hydrogen (secondary N) is 4. The maximum Gasteiger partial charge on any atom is 0.312 e. The zero-order valence-corrected chi connectivity index (χ0v) is 28.1. The number of hydrogen-bond acceptors (Lipinski definition) is 10. The second-order valence-electron chi connectivity index (χ2n) is 10.9. The summed E-state index contributed by atoms with van der Waals surface area (Å²) in [5.74, 6) is -2.07. The maximum atomic E-state index is 13.3. The summed E-state index contributed by atoms with van der Waals surface area (Å²) in [6.45, 7) is 10.7. The number of benzene rings is 1. The van der Waals surface area contributed by atoms with Gasteiger partial charge in [-0.25, -0.2) is 4.79 Å². The van der Waals surface area contributed by atoms with Crippen molar-refractivity contribution in [2.24, 2.45) is 11.7 Å². The maximum absolute atomic E-state index is 13.3. The lowest BCUT2D eigenvalue weighted by molar-refractivity contribution is -0.142. The molecule has 0 heterocycles. The Labute approximate surface area is 277 Å². The fourth-order valence-corrected chi connectivity index (χ4v) is 4.00. The molecular weight excluding hydrogens is 614 g/mol. The Hall–Kier alpha value is -3.79. The molecule has 1 rings (SSSR count). The Balaban J connectivity index is 2.57. The number of carbonyl (C=O) groups excluding carboxylic acids is 5. The van der Waals surface area contributed by atoms with Crippen molar-refractivity contribution >= 4 is 35.4 Å². The van der Waals surface area contributed by atoms with Crippen molar-refractivity contribution in [1.82, 2.24) is 16.0 Å². The van der Waals surface area contributed by atoms with Gasteiger partial charge in [0.15, 0.2) is 0 Å². The highest BCUT2D eigenvalue weighted by molar-refractivity contribution is 5.98. The van der Waals surface area contributed by atoms with E-state index in [-0.39, 0.29) is 44.4 Å². The van der Waals surface area contributed by atoms with Crippen LogP contribution in [0, 0.1) is 5.92 Å². The SMILES string of the molecule is CCCOCCOCCOCCOCCC(=O)N[C@@H](C(=O)NC(CCCNC(N)=O)C(=O)Nc1ccc(COC(C)=O)cc1)C(C)C. The molecule has 15 heteroatoms. The van der Waals surface area contributed by atoms with Crippen molar-refractivity contribution in [3.05, 3.63) is 29.8 Å². The molecule has 0 aliphatic rings.